The first-order valence-corrected chi connectivity index (χ1v) is 10.6. The third-order valence-corrected chi connectivity index (χ3v) is 4.93. The molecule has 1 aromatic carbocycles. The van der Waals surface area contributed by atoms with Crippen molar-refractivity contribution in [3.63, 3.8) is 0 Å². The number of amides is 2. The van der Waals surface area contributed by atoms with Crippen LogP contribution >= 0.6 is 0 Å². The van der Waals surface area contributed by atoms with E-state index in [0.29, 0.717) is 25.9 Å². The molecule has 2 amide bonds. The normalized spacial score (nSPS) is 15.4. The fourth-order valence-corrected chi connectivity index (χ4v) is 3.30. The molecule has 1 saturated heterocycles. The van der Waals surface area contributed by atoms with Crippen LogP contribution in [0.1, 0.15) is 39.2 Å². The summed E-state index contributed by atoms with van der Waals surface area (Å²) in [5.41, 5.74) is 0.278. The van der Waals surface area contributed by atoms with Crippen molar-refractivity contribution in [3.8, 4) is 0 Å². The number of carbonyl (C=O) groups is 4. The van der Waals surface area contributed by atoms with Crippen LogP contribution in [0.5, 0.6) is 0 Å². The van der Waals surface area contributed by atoms with Gasteiger partial charge in [0.05, 0.1) is 13.0 Å². The average molecular weight is 449 g/mol. The molecule has 9 nitrogen and oxygen atoms in total. The SMILES string of the molecule is COC(=O)C(Cc1ccccc1)NC(=O)COC(=O)C1CCN(C(=O)OC(C)(C)C)CC1. The summed E-state index contributed by atoms with van der Waals surface area (Å²) in [7, 11) is 1.25. The van der Waals surface area contributed by atoms with Crippen LogP contribution in [-0.2, 0) is 35.0 Å². The van der Waals surface area contributed by atoms with Crippen LogP contribution in [-0.4, -0.2) is 67.3 Å². The lowest BCUT2D eigenvalue weighted by Gasteiger charge is -2.32. The first-order valence-electron chi connectivity index (χ1n) is 10.6. The van der Waals surface area contributed by atoms with E-state index in [1.165, 1.54) is 7.11 Å². The maximum absolute atomic E-state index is 12.3. The number of likely N-dealkylation sites (tertiary alicyclic amines) is 1. The molecule has 1 heterocycles. The molecule has 1 fully saturated rings. The first-order chi connectivity index (χ1) is 15.1. The van der Waals surface area contributed by atoms with Gasteiger partial charge in [-0.05, 0) is 39.2 Å². The van der Waals surface area contributed by atoms with Crippen molar-refractivity contribution in [2.24, 2.45) is 5.92 Å². The van der Waals surface area contributed by atoms with Crippen LogP contribution in [0.3, 0.4) is 0 Å². The van der Waals surface area contributed by atoms with Gasteiger partial charge in [0, 0.05) is 19.5 Å². The van der Waals surface area contributed by atoms with Crippen LogP contribution < -0.4 is 5.32 Å². The summed E-state index contributed by atoms with van der Waals surface area (Å²) in [5.74, 6) is -2.07. The van der Waals surface area contributed by atoms with Crippen LogP contribution in [0.2, 0.25) is 0 Å². The Balaban J connectivity index is 1.78. The predicted octanol–water partition coefficient (Wildman–Crippen LogP) is 2.08. The Bertz CT molecular complexity index is 796. The second-order valence-electron chi connectivity index (χ2n) is 8.68. The number of nitrogens with zero attached hydrogens (tertiary/aromatic N) is 1. The van der Waals surface area contributed by atoms with Crippen molar-refractivity contribution in [3.05, 3.63) is 35.9 Å². The standard InChI is InChI=1S/C23H32N2O7/c1-23(2,3)32-22(29)25-12-10-17(11-13-25)20(27)31-15-19(26)24-18(21(28)30-4)14-16-8-6-5-7-9-16/h5-9,17-18H,10-15H2,1-4H3,(H,24,26). The molecule has 0 aliphatic carbocycles. The summed E-state index contributed by atoms with van der Waals surface area (Å²) in [4.78, 5) is 50.3. The predicted molar refractivity (Wildman–Crippen MR) is 116 cm³/mol. The van der Waals surface area contributed by atoms with Crippen molar-refractivity contribution in [2.75, 3.05) is 26.8 Å². The molecule has 0 radical (unpaired) electrons. The highest BCUT2D eigenvalue weighted by molar-refractivity contribution is 5.86. The molecule has 0 bridgehead atoms. The number of hydrogen-bond donors (Lipinski definition) is 1. The van der Waals surface area contributed by atoms with Crippen molar-refractivity contribution >= 4 is 23.9 Å². The zero-order valence-corrected chi connectivity index (χ0v) is 19.1. The second-order valence-corrected chi connectivity index (χ2v) is 8.68. The van der Waals surface area contributed by atoms with E-state index in [9.17, 15) is 19.2 Å². The molecule has 32 heavy (non-hydrogen) atoms. The number of esters is 2. The fraction of sp³-hybridized carbons (Fsp3) is 0.565. The lowest BCUT2D eigenvalue weighted by atomic mass is 9.97. The molecule has 1 N–H and O–H groups in total. The topological polar surface area (TPSA) is 111 Å². The van der Waals surface area contributed by atoms with Gasteiger partial charge in [-0.15, -0.1) is 0 Å². The van der Waals surface area contributed by atoms with E-state index in [2.05, 4.69) is 5.32 Å². The van der Waals surface area contributed by atoms with Crippen molar-refractivity contribution in [2.45, 2.75) is 51.7 Å². The Morgan fingerprint density at radius 1 is 1.09 bits per heavy atom. The number of rotatable bonds is 7. The van der Waals surface area contributed by atoms with Crippen molar-refractivity contribution < 1.29 is 33.4 Å². The molecule has 1 aliphatic rings. The van der Waals surface area contributed by atoms with E-state index >= 15 is 0 Å². The summed E-state index contributed by atoms with van der Waals surface area (Å²) < 4.78 is 15.2. The smallest absolute Gasteiger partial charge is 0.410 e. The van der Waals surface area contributed by atoms with E-state index in [0.717, 1.165) is 5.56 Å². The molecule has 176 valence electrons. The van der Waals surface area contributed by atoms with Crippen LogP contribution in [0.4, 0.5) is 4.79 Å². The van der Waals surface area contributed by atoms with Crippen LogP contribution in [0.15, 0.2) is 30.3 Å². The summed E-state index contributed by atoms with van der Waals surface area (Å²) in [6, 6.07) is 8.32. The molecule has 0 saturated carbocycles. The molecular weight excluding hydrogens is 416 g/mol. The highest BCUT2D eigenvalue weighted by Crippen LogP contribution is 2.20. The molecule has 0 spiro atoms. The molecule has 1 atom stereocenters. The Morgan fingerprint density at radius 3 is 2.28 bits per heavy atom. The number of methoxy groups -OCH3 is 1. The van der Waals surface area contributed by atoms with E-state index in [4.69, 9.17) is 14.2 Å². The minimum atomic E-state index is -0.884. The molecule has 0 aromatic heterocycles. The van der Waals surface area contributed by atoms with Gasteiger partial charge >= 0.3 is 18.0 Å². The van der Waals surface area contributed by atoms with E-state index < -0.39 is 48.1 Å². The summed E-state index contributed by atoms with van der Waals surface area (Å²) in [6.45, 7) is 5.65. The number of nitrogens with one attached hydrogen (secondary N) is 1. The highest BCUT2D eigenvalue weighted by Gasteiger charge is 2.31. The monoisotopic (exact) mass is 448 g/mol. The molecule has 1 unspecified atom stereocenters. The van der Waals surface area contributed by atoms with Gasteiger partial charge in [-0.3, -0.25) is 9.59 Å². The number of benzene rings is 1. The Labute approximate surface area is 188 Å². The zero-order chi connectivity index (χ0) is 23.7. The van der Waals surface area contributed by atoms with E-state index in [1.807, 2.05) is 30.3 Å². The van der Waals surface area contributed by atoms with E-state index in [-0.39, 0.29) is 6.42 Å². The summed E-state index contributed by atoms with van der Waals surface area (Å²) >= 11 is 0. The Morgan fingerprint density at radius 2 is 1.72 bits per heavy atom. The third kappa shape index (κ3) is 8.20. The number of hydrogen-bond acceptors (Lipinski definition) is 7. The largest absolute Gasteiger partial charge is 0.467 e. The highest BCUT2D eigenvalue weighted by atomic mass is 16.6. The maximum atomic E-state index is 12.3. The fourth-order valence-electron chi connectivity index (χ4n) is 3.30. The summed E-state index contributed by atoms with van der Waals surface area (Å²) in [5, 5.41) is 2.56. The van der Waals surface area contributed by atoms with Gasteiger partial charge in [0.1, 0.15) is 11.6 Å². The van der Waals surface area contributed by atoms with Crippen molar-refractivity contribution in [1.29, 1.82) is 0 Å². The lowest BCUT2D eigenvalue weighted by Crippen LogP contribution is -2.45. The van der Waals surface area contributed by atoms with Gasteiger partial charge in [0.2, 0.25) is 0 Å². The Hall–Kier alpha value is -3.10. The molecule has 2 rings (SSSR count). The Kier molecular flexibility index (Phi) is 9.04. The molecular formula is C23H32N2O7. The molecule has 9 heteroatoms. The first kappa shape index (κ1) is 25.2. The molecule has 1 aliphatic heterocycles. The second kappa shape index (κ2) is 11.5. The lowest BCUT2D eigenvalue weighted by molar-refractivity contribution is -0.154. The zero-order valence-electron chi connectivity index (χ0n) is 19.1. The minimum absolute atomic E-state index is 0.260. The number of carbonyl (C=O) groups excluding carboxylic acids is 4. The van der Waals surface area contributed by atoms with Gasteiger partial charge in [0.15, 0.2) is 6.61 Å². The van der Waals surface area contributed by atoms with E-state index in [1.54, 1.807) is 25.7 Å². The maximum Gasteiger partial charge on any atom is 0.410 e. The summed E-state index contributed by atoms with van der Waals surface area (Å²) in [6.07, 6.45) is 0.712. The van der Waals surface area contributed by atoms with Gasteiger partial charge in [-0.25, -0.2) is 9.59 Å². The average Bonchev–Trinajstić information content (AvgIpc) is 2.76. The number of piperidine rings is 1. The molecule has 1 aromatic rings. The van der Waals surface area contributed by atoms with Crippen molar-refractivity contribution in [1.82, 2.24) is 10.2 Å². The van der Waals surface area contributed by atoms with Crippen LogP contribution in [0.25, 0.3) is 0 Å². The minimum Gasteiger partial charge on any atom is -0.467 e. The van der Waals surface area contributed by atoms with Gasteiger partial charge in [-0.2, -0.15) is 0 Å². The van der Waals surface area contributed by atoms with Gasteiger partial charge < -0.3 is 24.4 Å². The quantitative estimate of drug-likeness (QED) is 0.502. The third-order valence-electron chi connectivity index (χ3n) is 4.93. The van der Waals surface area contributed by atoms with Gasteiger partial charge in [-0.1, -0.05) is 30.3 Å². The number of ether oxygens (including phenoxy) is 3. The van der Waals surface area contributed by atoms with Crippen LogP contribution in [0, 0.1) is 5.92 Å². The van der Waals surface area contributed by atoms with Gasteiger partial charge in [0.25, 0.3) is 5.91 Å².